The van der Waals surface area contributed by atoms with E-state index in [1.807, 2.05) is 60.9 Å². The van der Waals surface area contributed by atoms with E-state index in [0.29, 0.717) is 6.54 Å². The summed E-state index contributed by atoms with van der Waals surface area (Å²) in [6.07, 6.45) is 3.71. The van der Waals surface area contributed by atoms with E-state index >= 15 is 0 Å². The quantitative estimate of drug-likeness (QED) is 0.266. The van der Waals surface area contributed by atoms with Crippen molar-refractivity contribution in [3.05, 3.63) is 78.1 Å². The Morgan fingerprint density at radius 3 is 2.31 bits per heavy atom. The fourth-order valence-electron chi connectivity index (χ4n) is 3.97. The fourth-order valence-corrected chi connectivity index (χ4v) is 4.95. The first kappa shape index (κ1) is 23.6. The van der Waals surface area contributed by atoms with E-state index in [9.17, 15) is 0 Å². The third-order valence-corrected chi connectivity index (χ3v) is 6.98. The molecule has 0 radical (unpaired) electrons. The number of methoxy groups -OCH3 is 3. The summed E-state index contributed by atoms with van der Waals surface area (Å²) >= 11 is 1.63. The Balaban J connectivity index is 1.31. The molecule has 0 aliphatic carbocycles. The van der Waals surface area contributed by atoms with Crippen molar-refractivity contribution in [3.63, 3.8) is 0 Å². The van der Waals surface area contributed by atoms with Crippen molar-refractivity contribution in [2.24, 2.45) is 0 Å². The summed E-state index contributed by atoms with van der Waals surface area (Å²) < 4.78 is 17.2. The van der Waals surface area contributed by atoms with Crippen molar-refractivity contribution >= 4 is 27.4 Å². The molecule has 3 aromatic heterocycles. The van der Waals surface area contributed by atoms with Gasteiger partial charge in [0, 0.05) is 41.7 Å². The van der Waals surface area contributed by atoms with Crippen LogP contribution in [0.15, 0.2) is 67.0 Å². The molecule has 0 fully saturated rings. The molecule has 3 heterocycles. The van der Waals surface area contributed by atoms with Crippen LogP contribution in [0.4, 0.5) is 5.82 Å². The first-order valence-electron chi connectivity index (χ1n) is 11.4. The minimum absolute atomic E-state index is 0.583. The van der Waals surface area contributed by atoms with Crippen LogP contribution < -0.4 is 19.5 Å². The second-order valence-electron chi connectivity index (χ2n) is 8.21. The molecule has 5 rings (SSSR count). The second kappa shape index (κ2) is 10.2. The maximum absolute atomic E-state index is 5.48. The van der Waals surface area contributed by atoms with Crippen molar-refractivity contribution in [1.29, 1.82) is 0 Å². The first-order chi connectivity index (χ1) is 17.6. The van der Waals surface area contributed by atoms with Crippen LogP contribution in [0.1, 0.15) is 11.1 Å². The van der Waals surface area contributed by atoms with Crippen LogP contribution in [-0.4, -0.2) is 36.3 Å². The molecule has 0 saturated heterocycles. The van der Waals surface area contributed by atoms with Gasteiger partial charge >= 0.3 is 0 Å². The molecule has 0 spiro atoms. The highest BCUT2D eigenvalue weighted by Crippen LogP contribution is 2.34. The van der Waals surface area contributed by atoms with E-state index in [1.165, 1.54) is 0 Å². The zero-order valence-corrected chi connectivity index (χ0v) is 21.3. The molecule has 182 valence electrons. The molecule has 2 aromatic carbocycles. The summed E-state index contributed by atoms with van der Waals surface area (Å²) in [6.45, 7) is 2.64. The maximum Gasteiger partial charge on any atom is 0.127 e. The van der Waals surface area contributed by atoms with Crippen molar-refractivity contribution < 1.29 is 14.2 Å². The van der Waals surface area contributed by atoms with Gasteiger partial charge < -0.3 is 19.5 Å². The van der Waals surface area contributed by atoms with Crippen molar-refractivity contribution in [1.82, 2.24) is 15.0 Å². The average Bonchev–Trinajstić information content (AvgIpc) is 3.35. The standard InChI is InChI=1S/C28H26N4O3S/c1-17-11-20(28-32-23-9-8-22(34-3)13-25(23)36-28)16-31-27(17)19-6-10-26(30-15-19)29-14-18-5-7-21(33-2)12-24(18)35-4/h5-13,15-16H,14H2,1-4H3,(H,29,30). The van der Waals surface area contributed by atoms with Gasteiger partial charge in [-0.1, -0.05) is 0 Å². The lowest BCUT2D eigenvalue weighted by molar-refractivity contribution is 0.391. The third kappa shape index (κ3) is 4.81. The van der Waals surface area contributed by atoms with Gasteiger partial charge in [-0.05, 0) is 61.0 Å². The van der Waals surface area contributed by atoms with E-state index in [-0.39, 0.29) is 0 Å². The van der Waals surface area contributed by atoms with Crippen LogP contribution in [0, 0.1) is 6.92 Å². The van der Waals surface area contributed by atoms with Crippen LogP contribution in [0.3, 0.4) is 0 Å². The molecule has 0 bridgehead atoms. The van der Waals surface area contributed by atoms with E-state index in [1.54, 1.807) is 32.7 Å². The zero-order valence-electron chi connectivity index (χ0n) is 20.5. The number of fused-ring (bicyclic) bond motifs is 1. The van der Waals surface area contributed by atoms with Crippen LogP contribution in [0.25, 0.3) is 32.0 Å². The number of anilines is 1. The molecule has 0 amide bonds. The molecular formula is C28H26N4O3S. The summed E-state index contributed by atoms with van der Waals surface area (Å²) in [7, 11) is 4.96. The van der Waals surface area contributed by atoms with Gasteiger partial charge in [0.15, 0.2) is 0 Å². The Bertz CT molecular complexity index is 1520. The Kier molecular flexibility index (Phi) is 6.69. The molecule has 0 saturated carbocycles. The highest BCUT2D eigenvalue weighted by molar-refractivity contribution is 7.21. The maximum atomic E-state index is 5.48. The number of nitrogens with zero attached hydrogens (tertiary/aromatic N) is 3. The van der Waals surface area contributed by atoms with Gasteiger partial charge in [-0.2, -0.15) is 0 Å². The number of rotatable bonds is 8. The smallest absolute Gasteiger partial charge is 0.127 e. The average molecular weight is 499 g/mol. The predicted molar refractivity (Wildman–Crippen MR) is 144 cm³/mol. The molecule has 5 aromatic rings. The molecule has 8 heteroatoms. The SMILES string of the molecule is COc1ccc(CNc2ccc(-c3ncc(-c4nc5ccc(OC)cc5s4)cc3C)cn2)c(OC)c1. The van der Waals surface area contributed by atoms with Crippen LogP contribution >= 0.6 is 11.3 Å². The van der Waals surface area contributed by atoms with E-state index < -0.39 is 0 Å². The van der Waals surface area contributed by atoms with Crippen molar-refractivity contribution in [2.75, 3.05) is 26.6 Å². The lowest BCUT2D eigenvalue weighted by Crippen LogP contribution is -2.03. The van der Waals surface area contributed by atoms with E-state index in [4.69, 9.17) is 24.2 Å². The summed E-state index contributed by atoms with van der Waals surface area (Å²) in [5.74, 6) is 3.13. The summed E-state index contributed by atoms with van der Waals surface area (Å²) in [5.41, 5.74) is 5.90. The Labute approximate surface area is 213 Å². The van der Waals surface area contributed by atoms with Gasteiger partial charge in [-0.25, -0.2) is 9.97 Å². The Hall–Kier alpha value is -4.17. The molecule has 0 aliphatic heterocycles. The fraction of sp³-hybridized carbons (Fsp3) is 0.179. The monoisotopic (exact) mass is 498 g/mol. The highest BCUT2D eigenvalue weighted by atomic mass is 32.1. The van der Waals surface area contributed by atoms with E-state index in [2.05, 4.69) is 23.3 Å². The lowest BCUT2D eigenvalue weighted by atomic mass is 10.1. The number of ether oxygens (including phenoxy) is 3. The van der Waals surface area contributed by atoms with Crippen LogP contribution in [0.2, 0.25) is 0 Å². The molecule has 0 atom stereocenters. The number of pyridine rings is 2. The number of aryl methyl sites for hydroxylation is 1. The summed E-state index contributed by atoms with van der Waals surface area (Å²) in [5, 5.41) is 4.29. The first-order valence-corrected chi connectivity index (χ1v) is 12.2. The number of aromatic nitrogens is 3. The number of nitrogens with one attached hydrogen (secondary N) is 1. The van der Waals surface area contributed by atoms with Crippen LogP contribution in [-0.2, 0) is 6.54 Å². The molecule has 0 aliphatic rings. The summed E-state index contributed by atoms with van der Waals surface area (Å²) in [6, 6.07) is 17.8. The lowest BCUT2D eigenvalue weighted by Gasteiger charge is -2.12. The van der Waals surface area contributed by atoms with Gasteiger partial charge in [0.2, 0.25) is 0 Å². The number of hydrogen-bond donors (Lipinski definition) is 1. The largest absolute Gasteiger partial charge is 0.497 e. The zero-order chi connectivity index (χ0) is 25.1. The molecule has 0 unspecified atom stereocenters. The third-order valence-electron chi connectivity index (χ3n) is 5.91. The number of benzene rings is 2. The molecule has 36 heavy (non-hydrogen) atoms. The van der Waals surface area contributed by atoms with Gasteiger partial charge in [0.25, 0.3) is 0 Å². The van der Waals surface area contributed by atoms with Gasteiger partial charge in [-0.3, -0.25) is 4.98 Å². The Morgan fingerprint density at radius 2 is 1.58 bits per heavy atom. The Morgan fingerprint density at radius 1 is 0.806 bits per heavy atom. The van der Waals surface area contributed by atoms with E-state index in [0.717, 1.165) is 66.2 Å². The second-order valence-corrected chi connectivity index (χ2v) is 9.24. The molecular weight excluding hydrogens is 472 g/mol. The number of hydrogen-bond acceptors (Lipinski definition) is 8. The van der Waals surface area contributed by atoms with Gasteiger partial charge in [-0.15, -0.1) is 11.3 Å². The number of thiazole rings is 1. The van der Waals surface area contributed by atoms with Crippen molar-refractivity contribution in [2.45, 2.75) is 13.5 Å². The molecule has 1 N–H and O–H groups in total. The normalized spacial score (nSPS) is 10.9. The summed E-state index contributed by atoms with van der Waals surface area (Å²) in [4.78, 5) is 14.1. The molecule has 7 nitrogen and oxygen atoms in total. The van der Waals surface area contributed by atoms with Crippen LogP contribution in [0.5, 0.6) is 17.2 Å². The predicted octanol–water partition coefficient (Wildman–Crippen LogP) is 6.37. The highest BCUT2D eigenvalue weighted by Gasteiger charge is 2.12. The minimum atomic E-state index is 0.583. The topological polar surface area (TPSA) is 78.4 Å². The minimum Gasteiger partial charge on any atom is -0.497 e. The van der Waals surface area contributed by atoms with Gasteiger partial charge in [0.05, 0.1) is 37.2 Å². The van der Waals surface area contributed by atoms with Gasteiger partial charge in [0.1, 0.15) is 28.1 Å². The van der Waals surface area contributed by atoms with Crippen molar-refractivity contribution in [3.8, 4) is 39.1 Å².